The Morgan fingerprint density at radius 2 is 1.53 bits per heavy atom. The summed E-state index contributed by atoms with van der Waals surface area (Å²) in [7, 11) is 0. The van der Waals surface area contributed by atoms with Crippen LogP contribution >= 0.6 is 0 Å². The summed E-state index contributed by atoms with van der Waals surface area (Å²) in [6.45, 7) is 1.85. The van der Waals surface area contributed by atoms with Crippen molar-refractivity contribution in [1.82, 2.24) is 0 Å². The van der Waals surface area contributed by atoms with Crippen molar-refractivity contribution in [2.75, 3.05) is 10.2 Å². The molecule has 0 spiro atoms. The van der Waals surface area contributed by atoms with E-state index in [1.54, 1.807) is 24.3 Å². The summed E-state index contributed by atoms with van der Waals surface area (Å²) >= 11 is 0. The van der Waals surface area contributed by atoms with E-state index in [9.17, 15) is 27.2 Å². The van der Waals surface area contributed by atoms with Gasteiger partial charge in [0.2, 0.25) is 0 Å². The van der Waals surface area contributed by atoms with Gasteiger partial charge in [0.25, 0.3) is 11.8 Å². The van der Waals surface area contributed by atoms with Gasteiger partial charge in [-0.05, 0) is 48.9 Å². The largest absolute Gasteiger partial charge is 0.416 e. The number of alkyl halides is 3. The molecule has 4 rings (SSSR count). The summed E-state index contributed by atoms with van der Waals surface area (Å²) in [6.07, 6.45) is -4.64. The van der Waals surface area contributed by atoms with Crippen LogP contribution in [0.2, 0.25) is 0 Å². The van der Waals surface area contributed by atoms with Crippen LogP contribution in [0.4, 0.5) is 28.9 Å². The number of hydrogen-bond acceptors (Lipinski definition) is 3. The summed E-state index contributed by atoms with van der Waals surface area (Å²) in [5, 5.41) is 2.78. The van der Waals surface area contributed by atoms with E-state index >= 15 is 0 Å². The lowest BCUT2D eigenvalue weighted by atomic mass is 10.0. The number of carbonyl (C=O) groups is 2. The molecule has 3 aromatic carbocycles. The standard InChI is InChI=1S/C24H16F4N2O2/c1-14-8-10-15(11-9-14)20-21(29-18-6-3-5-17(25)13-18)23(32)30(22(20)31)19-7-2-4-16(12-19)24(26,27)28/h2-13,29H,1H3. The van der Waals surface area contributed by atoms with Crippen molar-refractivity contribution in [3.63, 3.8) is 0 Å². The zero-order valence-electron chi connectivity index (χ0n) is 16.7. The zero-order valence-corrected chi connectivity index (χ0v) is 16.7. The molecule has 0 aromatic heterocycles. The molecule has 32 heavy (non-hydrogen) atoms. The van der Waals surface area contributed by atoms with E-state index in [1.165, 1.54) is 24.3 Å². The molecule has 2 amide bonds. The molecule has 0 bridgehead atoms. The third kappa shape index (κ3) is 3.99. The third-order valence-corrected chi connectivity index (χ3v) is 4.95. The van der Waals surface area contributed by atoms with Crippen molar-refractivity contribution in [2.45, 2.75) is 13.1 Å². The number of imide groups is 1. The topological polar surface area (TPSA) is 49.4 Å². The van der Waals surface area contributed by atoms with Crippen LogP contribution in [0, 0.1) is 12.7 Å². The number of hydrogen-bond donors (Lipinski definition) is 1. The lowest BCUT2D eigenvalue weighted by Crippen LogP contribution is -2.32. The van der Waals surface area contributed by atoms with Gasteiger partial charge in [0.15, 0.2) is 0 Å². The van der Waals surface area contributed by atoms with Gasteiger partial charge < -0.3 is 5.32 Å². The first-order chi connectivity index (χ1) is 15.1. The molecule has 0 saturated carbocycles. The number of benzene rings is 3. The maximum atomic E-state index is 13.7. The molecule has 1 heterocycles. The highest BCUT2D eigenvalue weighted by molar-refractivity contribution is 6.46. The lowest BCUT2D eigenvalue weighted by molar-refractivity contribution is -0.137. The van der Waals surface area contributed by atoms with Crippen LogP contribution in [-0.2, 0) is 15.8 Å². The Bertz CT molecular complexity index is 1250. The van der Waals surface area contributed by atoms with Crippen LogP contribution in [0.25, 0.3) is 5.57 Å². The molecule has 0 aliphatic carbocycles. The molecule has 0 saturated heterocycles. The van der Waals surface area contributed by atoms with Crippen LogP contribution in [0.1, 0.15) is 16.7 Å². The minimum Gasteiger partial charge on any atom is -0.350 e. The Morgan fingerprint density at radius 3 is 2.19 bits per heavy atom. The molecule has 8 heteroatoms. The molecule has 0 unspecified atom stereocenters. The van der Waals surface area contributed by atoms with E-state index in [1.807, 2.05) is 6.92 Å². The van der Waals surface area contributed by atoms with E-state index in [0.29, 0.717) is 10.5 Å². The second-order valence-corrected chi connectivity index (χ2v) is 7.25. The van der Waals surface area contributed by atoms with Gasteiger partial charge in [-0.3, -0.25) is 9.59 Å². The predicted octanol–water partition coefficient (Wildman–Crippen LogP) is 5.55. The quantitative estimate of drug-likeness (QED) is 0.428. The normalized spacial score (nSPS) is 14.3. The Labute approximate surface area is 180 Å². The second kappa shape index (κ2) is 7.96. The van der Waals surface area contributed by atoms with Crippen LogP contribution in [-0.4, -0.2) is 11.8 Å². The molecule has 1 aliphatic rings. The molecule has 1 aliphatic heterocycles. The minimum absolute atomic E-state index is 0.0170. The fraction of sp³-hybridized carbons (Fsp3) is 0.0833. The van der Waals surface area contributed by atoms with E-state index in [4.69, 9.17) is 0 Å². The van der Waals surface area contributed by atoms with Crippen molar-refractivity contribution in [2.24, 2.45) is 0 Å². The van der Waals surface area contributed by atoms with Gasteiger partial charge in [0, 0.05) is 5.69 Å². The smallest absolute Gasteiger partial charge is 0.350 e. The van der Waals surface area contributed by atoms with Gasteiger partial charge >= 0.3 is 6.18 Å². The highest BCUT2D eigenvalue weighted by Gasteiger charge is 2.41. The molecule has 162 valence electrons. The Morgan fingerprint density at radius 1 is 0.844 bits per heavy atom. The number of nitrogens with zero attached hydrogens (tertiary/aromatic N) is 1. The Kier molecular flexibility index (Phi) is 5.30. The first-order valence-corrected chi connectivity index (χ1v) is 9.55. The average Bonchev–Trinajstić information content (AvgIpc) is 2.98. The number of halogens is 4. The maximum Gasteiger partial charge on any atom is 0.416 e. The van der Waals surface area contributed by atoms with Crippen molar-refractivity contribution in [3.05, 3.63) is 101 Å². The second-order valence-electron chi connectivity index (χ2n) is 7.25. The number of carbonyl (C=O) groups excluding carboxylic acids is 2. The SMILES string of the molecule is Cc1ccc(C2=C(Nc3cccc(F)c3)C(=O)N(c3cccc(C(F)(F)F)c3)C2=O)cc1. The number of rotatable bonds is 4. The highest BCUT2D eigenvalue weighted by atomic mass is 19.4. The highest BCUT2D eigenvalue weighted by Crippen LogP contribution is 2.37. The van der Waals surface area contributed by atoms with E-state index < -0.39 is 29.4 Å². The summed E-state index contributed by atoms with van der Waals surface area (Å²) in [4.78, 5) is 27.2. The summed E-state index contributed by atoms with van der Waals surface area (Å²) in [5.74, 6) is -2.18. The van der Waals surface area contributed by atoms with Gasteiger partial charge in [-0.2, -0.15) is 13.2 Å². The lowest BCUT2D eigenvalue weighted by Gasteiger charge is -2.17. The first-order valence-electron chi connectivity index (χ1n) is 9.55. The number of nitrogens with one attached hydrogen (secondary N) is 1. The van der Waals surface area contributed by atoms with Gasteiger partial charge in [-0.1, -0.05) is 42.0 Å². The Balaban J connectivity index is 1.82. The summed E-state index contributed by atoms with van der Waals surface area (Å²) in [6, 6.07) is 16.0. The summed E-state index contributed by atoms with van der Waals surface area (Å²) < 4.78 is 53.2. The number of anilines is 2. The van der Waals surface area contributed by atoms with Gasteiger partial charge in [-0.25, -0.2) is 9.29 Å². The first kappa shape index (κ1) is 21.3. The molecular weight excluding hydrogens is 424 g/mol. The van der Waals surface area contributed by atoms with E-state index in [-0.39, 0.29) is 22.6 Å². The number of amides is 2. The molecular formula is C24H16F4N2O2. The van der Waals surface area contributed by atoms with Crippen molar-refractivity contribution >= 4 is 28.8 Å². The molecule has 0 radical (unpaired) electrons. The van der Waals surface area contributed by atoms with Gasteiger partial charge in [-0.15, -0.1) is 0 Å². The molecule has 4 nitrogen and oxygen atoms in total. The van der Waals surface area contributed by atoms with Gasteiger partial charge in [0.05, 0.1) is 16.8 Å². The van der Waals surface area contributed by atoms with E-state index in [2.05, 4.69) is 5.32 Å². The Hall–Kier alpha value is -3.94. The van der Waals surface area contributed by atoms with Crippen LogP contribution in [0.15, 0.2) is 78.5 Å². The monoisotopic (exact) mass is 440 g/mol. The van der Waals surface area contributed by atoms with Crippen LogP contribution in [0.5, 0.6) is 0 Å². The van der Waals surface area contributed by atoms with Crippen molar-refractivity contribution in [3.8, 4) is 0 Å². The maximum absolute atomic E-state index is 13.7. The molecule has 0 atom stereocenters. The zero-order chi connectivity index (χ0) is 23.0. The fourth-order valence-corrected chi connectivity index (χ4v) is 3.40. The minimum atomic E-state index is -4.64. The van der Waals surface area contributed by atoms with Crippen molar-refractivity contribution in [1.29, 1.82) is 0 Å². The fourth-order valence-electron chi connectivity index (χ4n) is 3.40. The van der Waals surface area contributed by atoms with Crippen LogP contribution in [0.3, 0.4) is 0 Å². The summed E-state index contributed by atoms with van der Waals surface area (Å²) in [5.41, 5.74) is 0.174. The number of aryl methyl sites for hydroxylation is 1. The van der Waals surface area contributed by atoms with Gasteiger partial charge in [0.1, 0.15) is 11.5 Å². The van der Waals surface area contributed by atoms with Crippen LogP contribution < -0.4 is 10.2 Å². The molecule has 0 fully saturated rings. The van der Waals surface area contributed by atoms with Crippen molar-refractivity contribution < 1.29 is 27.2 Å². The molecule has 1 N–H and O–H groups in total. The molecule has 3 aromatic rings. The predicted molar refractivity (Wildman–Crippen MR) is 112 cm³/mol. The van der Waals surface area contributed by atoms with E-state index in [0.717, 1.165) is 29.8 Å². The average molecular weight is 440 g/mol. The third-order valence-electron chi connectivity index (χ3n) is 4.95.